The van der Waals surface area contributed by atoms with Gasteiger partial charge in [-0.2, -0.15) is 0 Å². The fourth-order valence-electron chi connectivity index (χ4n) is 3.29. The molecule has 0 spiro atoms. The highest BCUT2D eigenvalue weighted by Crippen LogP contribution is 2.26. The van der Waals surface area contributed by atoms with Crippen LogP contribution < -0.4 is 10.6 Å². The number of nitrogens with zero attached hydrogens (tertiary/aromatic N) is 1. The topological polar surface area (TPSA) is 27.3 Å². The van der Waals surface area contributed by atoms with E-state index in [1.165, 1.54) is 49.2 Å². The van der Waals surface area contributed by atoms with Gasteiger partial charge in [0.2, 0.25) is 0 Å². The highest BCUT2D eigenvalue weighted by molar-refractivity contribution is 5.61. The van der Waals surface area contributed by atoms with Gasteiger partial charge in [0, 0.05) is 31.4 Å². The first-order valence-electron chi connectivity index (χ1n) is 7.64. The molecule has 0 amide bonds. The van der Waals surface area contributed by atoms with Gasteiger partial charge in [-0.25, -0.2) is 0 Å². The summed E-state index contributed by atoms with van der Waals surface area (Å²) in [7, 11) is 0. The maximum absolute atomic E-state index is 3.63. The van der Waals surface area contributed by atoms with Crippen LogP contribution in [0.15, 0.2) is 18.2 Å². The number of likely N-dealkylation sites (tertiary alicyclic amines) is 1. The maximum atomic E-state index is 3.63. The van der Waals surface area contributed by atoms with E-state index >= 15 is 0 Å². The lowest BCUT2D eigenvalue weighted by Crippen LogP contribution is -2.38. The quantitative estimate of drug-likeness (QED) is 0.849. The summed E-state index contributed by atoms with van der Waals surface area (Å²) in [6.07, 6.45) is 3.92. The molecule has 104 valence electrons. The van der Waals surface area contributed by atoms with Crippen molar-refractivity contribution in [2.75, 3.05) is 31.5 Å². The van der Waals surface area contributed by atoms with Crippen LogP contribution in [0.4, 0.5) is 5.69 Å². The Balaban J connectivity index is 1.51. The van der Waals surface area contributed by atoms with Gasteiger partial charge in [-0.3, -0.25) is 4.90 Å². The van der Waals surface area contributed by atoms with Crippen LogP contribution in [-0.2, 0) is 13.0 Å². The molecule has 0 aliphatic carbocycles. The van der Waals surface area contributed by atoms with Crippen molar-refractivity contribution >= 4 is 5.69 Å². The van der Waals surface area contributed by atoms with E-state index < -0.39 is 0 Å². The van der Waals surface area contributed by atoms with E-state index in [2.05, 4.69) is 40.7 Å². The number of nitrogens with one attached hydrogen (secondary N) is 2. The molecule has 0 aromatic heterocycles. The second-order valence-corrected chi connectivity index (χ2v) is 5.85. The van der Waals surface area contributed by atoms with Crippen LogP contribution >= 0.6 is 0 Å². The summed E-state index contributed by atoms with van der Waals surface area (Å²) in [5, 5.41) is 7.14. The Bertz CT molecular complexity index is 424. The minimum Gasteiger partial charge on any atom is -0.384 e. The number of benzene rings is 1. The molecule has 0 saturated carbocycles. The Morgan fingerprint density at radius 2 is 2.16 bits per heavy atom. The lowest BCUT2D eigenvalue weighted by molar-refractivity contribution is 0.251. The number of para-hydroxylation sites is 1. The summed E-state index contributed by atoms with van der Waals surface area (Å²) >= 11 is 0. The van der Waals surface area contributed by atoms with Crippen molar-refractivity contribution in [1.82, 2.24) is 10.2 Å². The average Bonchev–Trinajstić information content (AvgIpc) is 3.10. The zero-order valence-corrected chi connectivity index (χ0v) is 11.9. The Hall–Kier alpha value is -1.06. The fraction of sp³-hybridized carbons (Fsp3) is 0.625. The Labute approximate surface area is 116 Å². The predicted octanol–water partition coefficient (Wildman–Crippen LogP) is 2.23. The van der Waals surface area contributed by atoms with E-state index in [0.29, 0.717) is 6.04 Å². The van der Waals surface area contributed by atoms with E-state index in [4.69, 9.17) is 0 Å². The number of anilines is 1. The predicted molar refractivity (Wildman–Crippen MR) is 80.6 cm³/mol. The summed E-state index contributed by atoms with van der Waals surface area (Å²) in [5.74, 6) is 0. The number of hydrogen-bond acceptors (Lipinski definition) is 3. The second-order valence-electron chi connectivity index (χ2n) is 5.85. The minimum atomic E-state index is 0.659. The molecule has 3 rings (SSSR count). The van der Waals surface area contributed by atoms with Crippen LogP contribution in [0.25, 0.3) is 0 Å². The fourth-order valence-corrected chi connectivity index (χ4v) is 3.29. The van der Waals surface area contributed by atoms with Crippen molar-refractivity contribution in [2.24, 2.45) is 0 Å². The van der Waals surface area contributed by atoms with Gasteiger partial charge in [0.25, 0.3) is 0 Å². The first-order valence-corrected chi connectivity index (χ1v) is 7.64. The van der Waals surface area contributed by atoms with E-state index in [1.54, 1.807) is 0 Å². The van der Waals surface area contributed by atoms with E-state index in [-0.39, 0.29) is 0 Å². The van der Waals surface area contributed by atoms with Crippen LogP contribution in [0, 0.1) is 0 Å². The molecule has 2 aliphatic heterocycles. The highest BCUT2D eigenvalue weighted by Gasteiger charge is 2.18. The van der Waals surface area contributed by atoms with Gasteiger partial charge in [0.15, 0.2) is 0 Å². The molecule has 1 unspecified atom stereocenters. The molecule has 0 bridgehead atoms. The summed E-state index contributed by atoms with van der Waals surface area (Å²) in [4.78, 5) is 2.60. The number of hydrogen-bond donors (Lipinski definition) is 2. The standard InChI is InChI=1S/C16H25N3/c1-13(19-9-2-3-10-19)11-17-12-15-6-4-5-14-7-8-18-16(14)15/h4-6,13,17-18H,2-3,7-12H2,1H3. The third kappa shape index (κ3) is 2.93. The monoisotopic (exact) mass is 259 g/mol. The van der Waals surface area contributed by atoms with Crippen LogP contribution in [0.3, 0.4) is 0 Å². The number of fused-ring (bicyclic) bond motifs is 1. The van der Waals surface area contributed by atoms with Crippen molar-refractivity contribution in [3.8, 4) is 0 Å². The summed E-state index contributed by atoms with van der Waals surface area (Å²) in [6.45, 7) is 8.07. The highest BCUT2D eigenvalue weighted by atomic mass is 15.2. The third-order valence-electron chi connectivity index (χ3n) is 4.45. The van der Waals surface area contributed by atoms with Crippen molar-refractivity contribution < 1.29 is 0 Å². The lowest BCUT2D eigenvalue weighted by atomic mass is 10.1. The van der Waals surface area contributed by atoms with E-state index in [0.717, 1.165) is 19.6 Å². The summed E-state index contributed by atoms with van der Waals surface area (Å²) in [6, 6.07) is 7.33. The van der Waals surface area contributed by atoms with Gasteiger partial charge in [-0.1, -0.05) is 18.2 Å². The Morgan fingerprint density at radius 3 is 3.00 bits per heavy atom. The normalized spacial score (nSPS) is 20.3. The molecule has 1 saturated heterocycles. The molecule has 1 aromatic rings. The maximum Gasteiger partial charge on any atom is 0.0419 e. The largest absolute Gasteiger partial charge is 0.384 e. The lowest BCUT2D eigenvalue weighted by Gasteiger charge is -2.24. The minimum absolute atomic E-state index is 0.659. The molecule has 2 aliphatic rings. The Morgan fingerprint density at radius 1 is 1.32 bits per heavy atom. The van der Waals surface area contributed by atoms with Gasteiger partial charge >= 0.3 is 0 Å². The van der Waals surface area contributed by atoms with Crippen molar-refractivity contribution in [2.45, 2.75) is 38.8 Å². The number of rotatable bonds is 5. The molecule has 0 radical (unpaired) electrons. The zero-order chi connectivity index (χ0) is 13.1. The zero-order valence-electron chi connectivity index (χ0n) is 11.9. The molecule has 2 heterocycles. The second kappa shape index (κ2) is 5.93. The molecule has 1 atom stereocenters. The molecule has 19 heavy (non-hydrogen) atoms. The average molecular weight is 259 g/mol. The first-order chi connectivity index (χ1) is 9.34. The Kier molecular flexibility index (Phi) is 4.04. The van der Waals surface area contributed by atoms with E-state index in [9.17, 15) is 0 Å². The van der Waals surface area contributed by atoms with Gasteiger partial charge in [0.05, 0.1) is 0 Å². The van der Waals surface area contributed by atoms with Gasteiger partial charge in [-0.05, 0) is 50.4 Å². The van der Waals surface area contributed by atoms with Gasteiger partial charge in [-0.15, -0.1) is 0 Å². The molecule has 3 nitrogen and oxygen atoms in total. The SMILES string of the molecule is CC(CNCc1cccc2c1NCC2)N1CCCC1. The molecular weight excluding hydrogens is 234 g/mol. The van der Waals surface area contributed by atoms with E-state index in [1.807, 2.05) is 0 Å². The molecule has 3 heteroatoms. The van der Waals surface area contributed by atoms with Crippen LogP contribution in [0.5, 0.6) is 0 Å². The van der Waals surface area contributed by atoms with Crippen LogP contribution in [0.1, 0.15) is 30.9 Å². The molecule has 1 aromatic carbocycles. The molecule has 2 N–H and O–H groups in total. The molecule has 1 fully saturated rings. The van der Waals surface area contributed by atoms with Crippen molar-refractivity contribution in [1.29, 1.82) is 0 Å². The third-order valence-corrected chi connectivity index (χ3v) is 4.45. The summed E-state index contributed by atoms with van der Waals surface area (Å²) < 4.78 is 0. The van der Waals surface area contributed by atoms with Crippen molar-refractivity contribution in [3.63, 3.8) is 0 Å². The van der Waals surface area contributed by atoms with Gasteiger partial charge < -0.3 is 10.6 Å². The van der Waals surface area contributed by atoms with Gasteiger partial charge in [0.1, 0.15) is 0 Å². The van der Waals surface area contributed by atoms with Crippen LogP contribution in [-0.4, -0.2) is 37.1 Å². The first kappa shape index (κ1) is 12.9. The van der Waals surface area contributed by atoms with Crippen molar-refractivity contribution in [3.05, 3.63) is 29.3 Å². The summed E-state index contributed by atoms with van der Waals surface area (Å²) in [5.41, 5.74) is 4.28. The smallest absolute Gasteiger partial charge is 0.0419 e. The molecular formula is C16H25N3. The van der Waals surface area contributed by atoms with Crippen LogP contribution in [0.2, 0.25) is 0 Å².